The highest BCUT2D eigenvalue weighted by atomic mass is 19.4. The molecule has 1 amide bonds. The van der Waals surface area contributed by atoms with Crippen molar-refractivity contribution < 1.29 is 31.9 Å². The van der Waals surface area contributed by atoms with Crippen molar-refractivity contribution in [3.05, 3.63) is 0 Å². The smallest absolute Gasteiger partial charge is 0.394 e. The first-order valence-electron chi connectivity index (χ1n) is 4.58. The third-order valence-electron chi connectivity index (χ3n) is 2.47. The van der Waals surface area contributed by atoms with Crippen molar-refractivity contribution >= 4 is 5.91 Å². The van der Waals surface area contributed by atoms with E-state index in [1.54, 1.807) is 0 Å². The van der Waals surface area contributed by atoms with Gasteiger partial charge in [0.25, 0.3) is 0 Å². The quantitative estimate of drug-likeness (QED) is 0.744. The Bertz CT molecular complexity index is 278. The van der Waals surface area contributed by atoms with Crippen LogP contribution in [0.4, 0.5) is 22.0 Å². The highest BCUT2D eigenvalue weighted by Gasteiger charge is 2.65. The zero-order valence-electron chi connectivity index (χ0n) is 8.10. The largest absolute Gasteiger partial charge is 0.463 e. The number of carbonyl (C=O) groups excluding carboxylic acids is 1. The van der Waals surface area contributed by atoms with E-state index in [2.05, 4.69) is 0 Å². The Morgan fingerprint density at radius 1 is 1.31 bits per heavy atom. The van der Waals surface area contributed by atoms with E-state index in [4.69, 9.17) is 5.11 Å². The molecule has 3 nitrogen and oxygen atoms in total. The van der Waals surface area contributed by atoms with E-state index in [0.717, 1.165) is 0 Å². The molecule has 0 bridgehead atoms. The van der Waals surface area contributed by atoms with Crippen LogP contribution in [0.3, 0.4) is 0 Å². The molecule has 1 heterocycles. The van der Waals surface area contributed by atoms with Crippen LogP contribution in [0.1, 0.15) is 12.8 Å². The van der Waals surface area contributed by atoms with E-state index in [1.165, 1.54) is 0 Å². The van der Waals surface area contributed by atoms with Gasteiger partial charge in [-0.3, -0.25) is 4.79 Å². The summed E-state index contributed by atoms with van der Waals surface area (Å²) in [6.45, 7) is -0.796. The molecule has 0 spiro atoms. The van der Waals surface area contributed by atoms with Crippen molar-refractivity contribution in [1.82, 2.24) is 4.90 Å². The molecule has 0 aromatic carbocycles. The van der Waals surface area contributed by atoms with Crippen molar-refractivity contribution in [1.29, 1.82) is 0 Å². The molecule has 1 fully saturated rings. The van der Waals surface area contributed by atoms with Crippen molar-refractivity contribution in [2.75, 3.05) is 13.2 Å². The summed E-state index contributed by atoms with van der Waals surface area (Å²) >= 11 is 0. The van der Waals surface area contributed by atoms with Crippen LogP contribution in [0.15, 0.2) is 0 Å². The lowest BCUT2D eigenvalue weighted by Gasteiger charge is -2.28. The Morgan fingerprint density at radius 2 is 1.88 bits per heavy atom. The van der Waals surface area contributed by atoms with E-state index >= 15 is 0 Å². The van der Waals surface area contributed by atoms with Gasteiger partial charge in [-0.1, -0.05) is 0 Å². The first-order chi connectivity index (χ1) is 7.21. The standard InChI is InChI=1S/C8H10F5NO2/c9-7(10,8(11,12)13)6(16)14-3-1-2-5(14)4-15/h5,15H,1-4H2. The lowest BCUT2D eigenvalue weighted by Crippen LogP contribution is -2.54. The molecule has 1 saturated heterocycles. The van der Waals surface area contributed by atoms with Crippen LogP contribution in [0, 0.1) is 0 Å². The molecular weight excluding hydrogens is 237 g/mol. The summed E-state index contributed by atoms with van der Waals surface area (Å²) < 4.78 is 61.1. The van der Waals surface area contributed by atoms with Gasteiger partial charge < -0.3 is 10.0 Å². The van der Waals surface area contributed by atoms with Crippen LogP contribution in [-0.4, -0.2) is 47.2 Å². The van der Waals surface area contributed by atoms with Gasteiger partial charge in [-0.15, -0.1) is 0 Å². The number of likely N-dealkylation sites (tertiary alicyclic amines) is 1. The SMILES string of the molecule is O=C(N1CCCC1CO)C(F)(F)C(F)(F)F. The van der Waals surface area contributed by atoms with Gasteiger partial charge in [-0.2, -0.15) is 22.0 Å². The zero-order chi connectivity index (χ0) is 12.6. The topological polar surface area (TPSA) is 40.5 Å². The Labute approximate surface area is 87.8 Å². The maximum Gasteiger partial charge on any atom is 0.463 e. The number of hydrogen-bond donors (Lipinski definition) is 1. The average molecular weight is 247 g/mol. The number of rotatable bonds is 2. The molecule has 0 aromatic heterocycles. The first kappa shape index (κ1) is 13.1. The summed E-state index contributed by atoms with van der Waals surface area (Å²) in [6, 6.07) is -0.944. The van der Waals surface area contributed by atoms with Gasteiger partial charge in [0.1, 0.15) is 0 Å². The van der Waals surface area contributed by atoms with Gasteiger partial charge in [0.05, 0.1) is 12.6 Å². The summed E-state index contributed by atoms with van der Waals surface area (Å²) in [5, 5.41) is 8.73. The van der Waals surface area contributed by atoms with E-state index < -0.39 is 30.7 Å². The summed E-state index contributed by atoms with van der Waals surface area (Å²) in [5.41, 5.74) is 0. The number of aliphatic hydroxyl groups is 1. The molecule has 1 aliphatic rings. The number of amides is 1. The molecule has 0 aromatic rings. The van der Waals surface area contributed by atoms with E-state index in [-0.39, 0.29) is 13.0 Å². The summed E-state index contributed by atoms with van der Waals surface area (Å²) in [6.07, 6.45) is -5.35. The lowest BCUT2D eigenvalue weighted by atomic mass is 10.2. The fraction of sp³-hybridized carbons (Fsp3) is 0.875. The molecule has 0 saturated carbocycles. The molecule has 0 aliphatic carbocycles. The molecule has 8 heteroatoms. The van der Waals surface area contributed by atoms with Gasteiger partial charge in [0, 0.05) is 6.54 Å². The van der Waals surface area contributed by atoms with Crippen molar-refractivity contribution in [3.8, 4) is 0 Å². The molecular formula is C8H10F5NO2. The maximum absolute atomic E-state index is 12.7. The molecule has 1 unspecified atom stereocenters. The van der Waals surface area contributed by atoms with Gasteiger partial charge in [0.15, 0.2) is 0 Å². The Balaban J connectivity index is 2.85. The average Bonchev–Trinajstić information content (AvgIpc) is 2.62. The third kappa shape index (κ3) is 2.11. The summed E-state index contributed by atoms with van der Waals surface area (Å²) in [5.74, 6) is -7.67. The fourth-order valence-corrected chi connectivity index (χ4v) is 1.59. The minimum Gasteiger partial charge on any atom is -0.394 e. The number of carbonyl (C=O) groups is 1. The number of aliphatic hydroxyl groups excluding tert-OH is 1. The fourth-order valence-electron chi connectivity index (χ4n) is 1.59. The number of alkyl halides is 5. The van der Waals surface area contributed by atoms with Crippen LogP contribution < -0.4 is 0 Å². The predicted octanol–water partition coefficient (Wildman–Crippen LogP) is 1.17. The number of halogens is 5. The summed E-state index contributed by atoms with van der Waals surface area (Å²) in [4.78, 5) is 11.4. The van der Waals surface area contributed by atoms with Gasteiger partial charge in [-0.25, -0.2) is 0 Å². The van der Waals surface area contributed by atoms with Crippen molar-refractivity contribution in [3.63, 3.8) is 0 Å². The zero-order valence-corrected chi connectivity index (χ0v) is 8.10. The van der Waals surface area contributed by atoms with Crippen molar-refractivity contribution in [2.24, 2.45) is 0 Å². The van der Waals surface area contributed by atoms with Gasteiger partial charge >= 0.3 is 18.0 Å². The highest BCUT2D eigenvalue weighted by molar-refractivity contribution is 5.85. The Morgan fingerprint density at radius 3 is 2.31 bits per heavy atom. The monoisotopic (exact) mass is 247 g/mol. The van der Waals surface area contributed by atoms with Crippen LogP contribution in [0.5, 0.6) is 0 Å². The predicted molar refractivity (Wildman–Crippen MR) is 42.8 cm³/mol. The van der Waals surface area contributed by atoms with Crippen LogP contribution in [0.2, 0.25) is 0 Å². The molecule has 94 valence electrons. The van der Waals surface area contributed by atoms with Crippen LogP contribution in [0.25, 0.3) is 0 Å². The van der Waals surface area contributed by atoms with E-state index in [9.17, 15) is 26.7 Å². The number of hydrogen-bond acceptors (Lipinski definition) is 2. The second kappa shape index (κ2) is 4.15. The molecule has 1 N–H and O–H groups in total. The van der Waals surface area contributed by atoms with Crippen LogP contribution in [-0.2, 0) is 4.79 Å². The second-order valence-electron chi connectivity index (χ2n) is 3.55. The minimum atomic E-state index is -5.90. The van der Waals surface area contributed by atoms with Crippen molar-refractivity contribution in [2.45, 2.75) is 31.0 Å². The Hall–Kier alpha value is -0.920. The van der Waals surface area contributed by atoms with Crippen LogP contribution >= 0.6 is 0 Å². The molecule has 16 heavy (non-hydrogen) atoms. The minimum absolute atomic E-state index is 0.185. The first-order valence-corrected chi connectivity index (χ1v) is 4.58. The summed E-state index contributed by atoms with van der Waals surface area (Å²) in [7, 11) is 0. The van der Waals surface area contributed by atoms with E-state index in [0.29, 0.717) is 11.3 Å². The molecule has 0 radical (unpaired) electrons. The normalized spacial score (nSPS) is 22.6. The third-order valence-corrected chi connectivity index (χ3v) is 2.47. The van der Waals surface area contributed by atoms with E-state index in [1.807, 2.05) is 0 Å². The lowest BCUT2D eigenvalue weighted by molar-refractivity contribution is -0.274. The Kier molecular flexibility index (Phi) is 3.41. The highest BCUT2D eigenvalue weighted by Crippen LogP contribution is 2.38. The van der Waals surface area contributed by atoms with Gasteiger partial charge in [-0.05, 0) is 12.8 Å². The molecule has 1 atom stereocenters. The maximum atomic E-state index is 12.7. The van der Waals surface area contributed by atoms with Gasteiger partial charge in [0.2, 0.25) is 0 Å². The molecule has 1 rings (SSSR count). The second-order valence-corrected chi connectivity index (χ2v) is 3.55. The number of nitrogens with zero attached hydrogens (tertiary/aromatic N) is 1. The molecule has 1 aliphatic heterocycles.